The first-order chi connectivity index (χ1) is 4.24. The minimum absolute atomic E-state index is 0.208. The molecule has 0 aromatic rings. The molecule has 1 fully saturated rings. The van der Waals surface area contributed by atoms with Crippen LogP contribution in [0.25, 0.3) is 0 Å². The minimum Gasteiger partial charge on any atom is -0.307 e. The lowest BCUT2D eigenvalue weighted by Gasteiger charge is -1.82. The van der Waals surface area contributed by atoms with Crippen LogP contribution in [0.5, 0.6) is 0 Å². The van der Waals surface area contributed by atoms with Crippen LogP contribution < -0.4 is 5.32 Å². The molecule has 0 radical (unpaired) electrons. The van der Waals surface area contributed by atoms with Crippen LogP contribution in [0.2, 0.25) is 0 Å². The van der Waals surface area contributed by atoms with Gasteiger partial charge in [-0.3, -0.25) is 4.79 Å². The van der Waals surface area contributed by atoms with Gasteiger partial charge in [0.15, 0.2) is 0 Å². The molecule has 9 heavy (non-hydrogen) atoms. The molecule has 0 atom stereocenters. The molecule has 0 aromatic heterocycles. The van der Waals surface area contributed by atoms with Crippen LogP contribution in [-0.4, -0.2) is 10.2 Å². The zero-order valence-electron chi connectivity index (χ0n) is 4.18. The molecule has 48 valence electrons. The van der Waals surface area contributed by atoms with E-state index in [0.29, 0.717) is 9.23 Å². The third kappa shape index (κ3) is 1.44. The van der Waals surface area contributed by atoms with E-state index < -0.39 is 0 Å². The third-order valence-corrected chi connectivity index (χ3v) is 2.25. The van der Waals surface area contributed by atoms with Crippen molar-refractivity contribution in [1.29, 1.82) is 0 Å². The van der Waals surface area contributed by atoms with Gasteiger partial charge >= 0.3 is 0 Å². The van der Waals surface area contributed by atoms with Gasteiger partial charge in [0.25, 0.3) is 5.91 Å². The number of thioether (sulfide) groups is 1. The van der Waals surface area contributed by atoms with Gasteiger partial charge in [0.1, 0.15) is 4.32 Å². The molecule has 1 aliphatic rings. The number of nitrogens with one attached hydrogen (secondary N) is 1. The maximum Gasteiger partial charge on any atom is 0.264 e. The average Bonchev–Trinajstić information content (AvgIpc) is 2.10. The molecule has 0 spiro atoms. The van der Waals surface area contributed by atoms with Crippen LogP contribution >= 0.6 is 35.6 Å². The fraction of sp³-hybridized carbons (Fsp3) is 0. The van der Waals surface area contributed by atoms with Crippen LogP contribution in [0, 0.1) is 0 Å². The lowest BCUT2D eigenvalue weighted by molar-refractivity contribution is -0.115. The van der Waals surface area contributed by atoms with Gasteiger partial charge in [-0.15, -0.1) is 0 Å². The van der Waals surface area contributed by atoms with Crippen molar-refractivity contribution < 1.29 is 4.79 Å². The van der Waals surface area contributed by atoms with E-state index in [-0.39, 0.29) is 5.91 Å². The van der Waals surface area contributed by atoms with Crippen molar-refractivity contribution in [2.75, 3.05) is 0 Å². The highest BCUT2D eigenvalue weighted by atomic mass is 35.5. The van der Waals surface area contributed by atoms with Gasteiger partial charge in [-0.05, 0) is 0 Å². The van der Waals surface area contributed by atoms with Crippen molar-refractivity contribution in [2.45, 2.75) is 0 Å². The fourth-order valence-corrected chi connectivity index (χ4v) is 1.52. The monoisotopic (exact) mass is 179 g/mol. The Bertz CT molecular complexity index is 201. The maximum atomic E-state index is 10.6. The summed E-state index contributed by atoms with van der Waals surface area (Å²) < 4.78 is 0.465. The number of hydrogen-bond acceptors (Lipinski definition) is 3. The Morgan fingerprint density at radius 1 is 1.78 bits per heavy atom. The number of hydrogen-bond donors (Lipinski definition) is 1. The molecule has 1 heterocycles. The summed E-state index contributed by atoms with van der Waals surface area (Å²) in [4.78, 5) is 11.1. The predicted molar refractivity (Wildman–Crippen MR) is 42.3 cm³/mol. The topological polar surface area (TPSA) is 29.1 Å². The normalized spacial score (nSPS) is 23.0. The molecular formula is C4H2ClNOS2. The highest BCUT2D eigenvalue weighted by Gasteiger charge is 2.21. The summed E-state index contributed by atoms with van der Waals surface area (Å²) in [7, 11) is 0. The Kier molecular flexibility index (Phi) is 2.10. The van der Waals surface area contributed by atoms with Crippen molar-refractivity contribution in [3.8, 4) is 0 Å². The van der Waals surface area contributed by atoms with Crippen LogP contribution in [0.1, 0.15) is 0 Å². The molecule has 1 rings (SSSR count). The Balaban J connectivity index is 2.81. The zero-order valence-corrected chi connectivity index (χ0v) is 6.57. The van der Waals surface area contributed by atoms with Crippen molar-refractivity contribution in [3.63, 3.8) is 0 Å². The predicted octanol–water partition coefficient (Wildman–Crippen LogP) is 1.21. The Hall–Kier alpha value is -0.0600. The molecule has 0 saturated carbocycles. The van der Waals surface area contributed by atoms with Crippen LogP contribution in [0.3, 0.4) is 0 Å². The number of carbonyl (C=O) groups is 1. The molecular weight excluding hydrogens is 178 g/mol. The Morgan fingerprint density at radius 2 is 2.44 bits per heavy atom. The third-order valence-electron chi connectivity index (χ3n) is 0.741. The van der Waals surface area contributed by atoms with E-state index in [0.717, 1.165) is 0 Å². The molecule has 1 aliphatic heterocycles. The summed E-state index contributed by atoms with van der Waals surface area (Å²) in [5.41, 5.74) is 1.22. The first-order valence-electron chi connectivity index (χ1n) is 2.07. The number of rotatable bonds is 0. The number of thiocarbonyl (C=S) groups is 1. The fourth-order valence-electron chi connectivity index (χ4n) is 0.398. The number of halogens is 1. The van der Waals surface area contributed by atoms with E-state index in [1.54, 1.807) is 0 Å². The lowest BCUT2D eigenvalue weighted by Crippen LogP contribution is -2.17. The van der Waals surface area contributed by atoms with Crippen LogP contribution in [0.15, 0.2) is 10.4 Å². The van der Waals surface area contributed by atoms with Crippen molar-refractivity contribution in [1.82, 2.24) is 5.32 Å². The Labute approximate surface area is 66.6 Å². The summed E-state index contributed by atoms with van der Waals surface area (Å²) in [6, 6.07) is 0. The molecule has 0 bridgehead atoms. The second kappa shape index (κ2) is 2.68. The highest BCUT2D eigenvalue weighted by Crippen LogP contribution is 2.23. The summed E-state index contributed by atoms with van der Waals surface area (Å²) in [5, 5.41) is 2.42. The molecule has 0 aromatic carbocycles. The molecule has 2 nitrogen and oxygen atoms in total. The minimum atomic E-state index is -0.208. The summed E-state index contributed by atoms with van der Waals surface area (Å²) in [6.07, 6.45) is 0. The van der Waals surface area contributed by atoms with E-state index >= 15 is 0 Å². The molecule has 1 N–H and O–H groups in total. The lowest BCUT2D eigenvalue weighted by atomic mass is 10.6. The van der Waals surface area contributed by atoms with Gasteiger partial charge in [0, 0.05) is 5.54 Å². The molecule has 5 heteroatoms. The first-order valence-corrected chi connectivity index (χ1v) is 3.73. The van der Waals surface area contributed by atoms with E-state index in [1.807, 2.05) is 0 Å². The van der Waals surface area contributed by atoms with Gasteiger partial charge in [-0.2, -0.15) is 0 Å². The SMILES string of the molecule is O=C1NC(=S)SC1=CCl. The number of amides is 1. The van der Waals surface area contributed by atoms with Gasteiger partial charge in [-0.25, -0.2) is 0 Å². The van der Waals surface area contributed by atoms with Gasteiger partial charge < -0.3 is 5.32 Å². The molecule has 1 saturated heterocycles. The summed E-state index contributed by atoms with van der Waals surface area (Å²) in [6.45, 7) is 0. The maximum absolute atomic E-state index is 10.6. The molecule has 0 aliphatic carbocycles. The molecule has 0 unspecified atom stereocenters. The zero-order chi connectivity index (χ0) is 6.85. The van der Waals surface area contributed by atoms with Crippen molar-refractivity contribution in [3.05, 3.63) is 10.4 Å². The largest absolute Gasteiger partial charge is 0.307 e. The van der Waals surface area contributed by atoms with Crippen molar-refractivity contribution >= 4 is 45.8 Å². The summed E-state index contributed by atoms with van der Waals surface area (Å²) >= 11 is 11.1. The van der Waals surface area contributed by atoms with Crippen LogP contribution in [0.4, 0.5) is 0 Å². The summed E-state index contributed by atoms with van der Waals surface area (Å²) in [5.74, 6) is -0.208. The highest BCUT2D eigenvalue weighted by molar-refractivity contribution is 8.26. The first kappa shape index (κ1) is 7.05. The van der Waals surface area contributed by atoms with Crippen LogP contribution in [-0.2, 0) is 4.79 Å². The smallest absolute Gasteiger partial charge is 0.264 e. The standard InChI is InChI=1S/C4H2ClNOS2/c5-1-2-3(7)6-4(8)9-2/h1H,(H,6,7,8). The van der Waals surface area contributed by atoms with E-state index in [2.05, 4.69) is 17.5 Å². The van der Waals surface area contributed by atoms with E-state index in [4.69, 9.17) is 11.6 Å². The average molecular weight is 180 g/mol. The van der Waals surface area contributed by atoms with Gasteiger partial charge in [-0.1, -0.05) is 35.6 Å². The molecule has 1 amide bonds. The second-order valence-electron chi connectivity index (χ2n) is 1.32. The second-order valence-corrected chi connectivity index (χ2v) is 3.25. The quantitative estimate of drug-likeness (QED) is 0.448. The Morgan fingerprint density at radius 3 is 2.67 bits per heavy atom. The van der Waals surface area contributed by atoms with Gasteiger partial charge in [0.05, 0.1) is 4.91 Å². The van der Waals surface area contributed by atoms with E-state index in [9.17, 15) is 4.79 Å². The van der Waals surface area contributed by atoms with Crippen molar-refractivity contribution in [2.24, 2.45) is 0 Å². The van der Waals surface area contributed by atoms with E-state index in [1.165, 1.54) is 17.3 Å². The number of carbonyl (C=O) groups excluding carboxylic acids is 1. The van der Waals surface area contributed by atoms with Gasteiger partial charge in [0.2, 0.25) is 0 Å².